The van der Waals surface area contributed by atoms with E-state index >= 15 is 0 Å². The van der Waals surface area contributed by atoms with Gasteiger partial charge in [0.1, 0.15) is 0 Å². The molecule has 5 nitrogen and oxygen atoms in total. The zero-order valence-electron chi connectivity index (χ0n) is 15.9. The highest BCUT2D eigenvalue weighted by atomic mass is 16.2. The molecule has 0 aromatic heterocycles. The maximum atomic E-state index is 12.8. The van der Waals surface area contributed by atoms with Gasteiger partial charge in [0, 0.05) is 31.7 Å². The van der Waals surface area contributed by atoms with Gasteiger partial charge < -0.3 is 15.5 Å². The lowest BCUT2D eigenvalue weighted by Gasteiger charge is -2.31. The van der Waals surface area contributed by atoms with Crippen LogP contribution >= 0.6 is 0 Å². The summed E-state index contributed by atoms with van der Waals surface area (Å²) in [6, 6.07) is 6.24. The van der Waals surface area contributed by atoms with Crippen molar-refractivity contribution in [1.82, 2.24) is 10.2 Å². The van der Waals surface area contributed by atoms with Gasteiger partial charge in [-0.3, -0.25) is 4.79 Å². The van der Waals surface area contributed by atoms with E-state index in [-0.39, 0.29) is 17.9 Å². The van der Waals surface area contributed by atoms with Crippen LogP contribution in [0.25, 0.3) is 0 Å². The second kappa shape index (κ2) is 8.88. The van der Waals surface area contributed by atoms with E-state index in [9.17, 15) is 9.59 Å². The highest BCUT2D eigenvalue weighted by molar-refractivity contribution is 5.94. The summed E-state index contributed by atoms with van der Waals surface area (Å²) in [5.41, 5.74) is 3.41. The molecule has 0 aliphatic carbocycles. The SMILES string of the molecule is CCCc1cccc(C(C)C)c1NC(=O)C1CCN(C(=O)NC)CC1. The Kier molecular flexibility index (Phi) is 6.85. The minimum absolute atomic E-state index is 0.0319. The van der Waals surface area contributed by atoms with E-state index in [2.05, 4.69) is 49.6 Å². The first-order chi connectivity index (χ1) is 12.0. The Hall–Kier alpha value is -2.04. The van der Waals surface area contributed by atoms with E-state index in [1.807, 2.05) is 0 Å². The smallest absolute Gasteiger partial charge is 0.317 e. The van der Waals surface area contributed by atoms with Crippen molar-refractivity contribution in [2.45, 2.75) is 52.4 Å². The molecule has 0 unspecified atom stereocenters. The summed E-state index contributed by atoms with van der Waals surface area (Å²) in [7, 11) is 1.64. The summed E-state index contributed by atoms with van der Waals surface area (Å²) in [6.45, 7) is 7.73. The first-order valence-corrected chi connectivity index (χ1v) is 9.37. The van der Waals surface area contributed by atoms with Crippen LogP contribution in [-0.4, -0.2) is 37.0 Å². The molecule has 1 aliphatic heterocycles. The molecule has 1 aromatic carbocycles. The van der Waals surface area contributed by atoms with Gasteiger partial charge in [-0.1, -0.05) is 45.4 Å². The number of likely N-dealkylation sites (tertiary alicyclic amines) is 1. The molecular weight excluding hydrogens is 314 g/mol. The summed E-state index contributed by atoms with van der Waals surface area (Å²) in [5, 5.41) is 5.86. The number of carbonyl (C=O) groups is 2. The largest absolute Gasteiger partial charge is 0.341 e. The maximum Gasteiger partial charge on any atom is 0.317 e. The number of hydrogen-bond donors (Lipinski definition) is 2. The van der Waals surface area contributed by atoms with Crippen LogP contribution in [-0.2, 0) is 11.2 Å². The molecule has 3 amide bonds. The molecule has 0 bridgehead atoms. The number of para-hydroxylation sites is 1. The van der Waals surface area contributed by atoms with Gasteiger partial charge >= 0.3 is 6.03 Å². The number of nitrogens with zero attached hydrogens (tertiary/aromatic N) is 1. The van der Waals surface area contributed by atoms with Gasteiger partial charge in [0.25, 0.3) is 0 Å². The molecule has 1 saturated heterocycles. The molecule has 0 atom stereocenters. The van der Waals surface area contributed by atoms with E-state index in [1.54, 1.807) is 11.9 Å². The van der Waals surface area contributed by atoms with Gasteiger partial charge in [-0.05, 0) is 36.3 Å². The van der Waals surface area contributed by atoms with Crippen LogP contribution in [0.5, 0.6) is 0 Å². The standard InChI is InChI=1S/C20H31N3O2/c1-5-7-15-8-6-9-17(14(2)3)18(15)22-19(24)16-10-12-23(13-11-16)20(25)21-4/h6,8-9,14,16H,5,7,10-13H2,1-4H3,(H,21,25)(H,22,24). The molecule has 1 fully saturated rings. The molecule has 2 N–H and O–H groups in total. The van der Waals surface area contributed by atoms with Gasteiger partial charge in [-0.25, -0.2) is 4.79 Å². The lowest BCUT2D eigenvalue weighted by molar-refractivity contribution is -0.121. The number of amides is 3. The quantitative estimate of drug-likeness (QED) is 0.854. The summed E-state index contributed by atoms with van der Waals surface area (Å²) in [4.78, 5) is 26.3. The van der Waals surface area contributed by atoms with Crippen LogP contribution < -0.4 is 10.6 Å². The Bertz CT molecular complexity index is 605. The number of nitrogens with one attached hydrogen (secondary N) is 2. The number of anilines is 1. The summed E-state index contributed by atoms with van der Waals surface area (Å²) in [5.74, 6) is 0.416. The molecule has 2 rings (SSSR count). The molecule has 0 saturated carbocycles. The number of benzene rings is 1. The Balaban J connectivity index is 2.09. The predicted octanol–water partition coefficient (Wildman–Crippen LogP) is 3.75. The van der Waals surface area contributed by atoms with Gasteiger partial charge in [-0.2, -0.15) is 0 Å². The lowest BCUT2D eigenvalue weighted by Crippen LogP contribution is -2.45. The minimum Gasteiger partial charge on any atom is -0.341 e. The van der Waals surface area contributed by atoms with Crippen molar-refractivity contribution in [3.8, 4) is 0 Å². The second-order valence-electron chi connectivity index (χ2n) is 7.09. The Morgan fingerprint density at radius 1 is 1.24 bits per heavy atom. The van der Waals surface area contributed by atoms with Crippen LogP contribution in [0.2, 0.25) is 0 Å². The van der Waals surface area contributed by atoms with Crippen molar-refractivity contribution in [2.75, 3.05) is 25.5 Å². The van der Waals surface area contributed by atoms with Crippen molar-refractivity contribution >= 4 is 17.6 Å². The van der Waals surface area contributed by atoms with Crippen LogP contribution in [0.15, 0.2) is 18.2 Å². The number of urea groups is 1. The highest BCUT2D eigenvalue weighted by Gasteiger charge is 2.27. The van der Waals surface area contributed by atoms with E-state index in [0.717, 1.165) is 18.5 Å². The average Bonchev–Trinajstić information content (AvgIpc) is 2.62. The first kappa shape index (κ1) is 19.3. The molecule has 1 aromatic rings. The van der Waals surface area contributed by atoms with E-state index in [0.29, 0.717) is 31.8 Å². The van der Waals surface area contributed by atoms with Crippen molar-refractivity contribution in [3.63, 3.8) is 0 Å². The van der Waals surface area contributed by atoms with Crippen molar-refractivity contribution < 1.29 is 9.59 Å². The maximum absolute atomic E-state index is 12.8. The van der Waals surface area contributed by atoms with Crippen molar-refractivity contribution in [1.29, 1.82) is 0 Å². The average molecular weight is 345 g/mol. The van der Waals surface area contributed by atoms with Crippen LogP contribution in [0.3, 0.4) is 0 Å². The molecule has 138 valence electrons. The third-order valence-electron chi connectivity index (χ3n) is 4.94. The van der Waals surface area contributed by atoms with E-state index in [1.165, 1.54) is 11.1 Å². The van der Waals surface area contributed by atoms with E-state index < -0.39 is 0 Å². The van der Waals surface area contributed by atoms with Crippen LogP contribution in [0.1, 0.15) is 57.1 Å². The molecule has 5 heteroatoms. The minimum atomic E-state index is -0.0609. The van der Waals surface area contributed by atoms with Gasteiger partial charge in [0.05, 0.1) is 0 Å². The summed E-state index contributed by atoms with van der Waals surface area (Å²) < 4.78 is 0. The Labute approximate surface area is 151 Å². The van der Waals surface area contributed by atoms with Gasteiger partial charge in [-0.15, -0.1) is 0 Å². The fraction of sp³-hybridized carbons (Fsp3) is 0.600. The first-order valence-electron chi connectivity index (χ1n) is 9.37. The highest BCUT2D eigenvalue weighted by Crippen LogP contribution is 2.30. The fourth-order valence-corrected chi connectivity index (χ4v) is 3.46. The molecule has 0 radical (unpaired) electrons. The number of piperidine rings is 1. The normalized spacial score (nSPS) is 15.3. The lowest BCUT2D eigenvalue weighted by atomic mass is 9.93. The number of aryl methyl sites for hydroxylation is 1. The van der Waals surface area contributed by atoms with Crippen molar-refractivity contribution in [2.24, 2.45) is 5.92 Å². The molecular formula is C20H31N3O2. The number of hydrogen-bond acceptors (Lipinski definition) is 2. The molecule has 0 spiro atoms. The monoisotopic (exact) mass is 345 g/mol. The van der Waals surface area contributed by atoms with Crippen LogP contribution in [0, 0.1) is 5.92 Å². The predicted molar refractivity (Wildman–Crippen MR) is 102 cm³/mol. The second-order valence-corrected chi connectivity index (χ2v) is 7.09. The summed E-state index contributed by atoms with van der Waals surface area (Å²) in [6.07, 6.45) is 3.44. The molecule has 1 aliphatic rings. The number of rotatable bonds is 5. The zero-order valence-corrected chi connectivity index (χ0v) is 15.9. The fourth-order valence-electron chi connectivity index (χ4n) is 3.46. The Morgan fingerprint density at radius 2 is 1.92 bits per heavy atom. The van der Waals surface area contributed by atoms with E-state index in [4.69, 9.17) is 0 Å². The molecule has 25 heavy (non-hydrogen) atoms. The van der Waals surface area contributed by atoms with Gasteiger partial charge in [0.2, 0.25) is 5.91 Å². The molecule has 1 heterocycles. The summed E-state index contributed by atoms with van der Waals surface area (Å²) >= 11 is 0. The third-order valence-corrected chi connectivity index (χ3v) is 4.94. The van der Waals surface area contributed by atoms with Gasteiger partial charge in [0.15, 0.2) is 0 Å². The topological polar surface area (TPSA) is 61.4 Å². The van der Waals surface area contributed by atoms with Crippen molar-refractivity contribution in [3.05, 3.63) is 29.3 Å². The Morgan fingerprint density at radius 3 is 2.48 bits per heavy atom. The number of carbonyl (C=O) groups excluding carboxylic acids is 2. The third kappa shape index (κ3) is 4.74. The zero-order chi connectivity index (χ0) is 18.4. The van der Waals surface area contributed by atoms with Crippen LogP contribution in [0.4, 0.5) is 10.5 Å².